The van der Waals surface area contributed by atoms with E-state index in [1.165, 1.54) is 0 Å². The predicted molar refractivity (Wildman–Crippen MR) is 108 cm³/mol. The molecule has 2 aromatic rings. The van der Waals surface area contributed by atoms with E-state index in [0.717, 1.165) is 41.9 Å². The molecule has 0 aliphatic carbocycles. The lowest BCUT2D eigenvalue weighted by Crippen LogP contribution is -2.44. The van der Waals surface area contributed by atoms with Crippen molar-refractivity contribution in [3.05, 3.63) is 65.7 Å². The first-order chi connectivity index (χ1) is 13.1. The average Bonchev–Trinajstić information content (AvgIpc) is 2.72. The first kappa shape index (κ1) is 19.0. The Morgan fingerprint density at radius 3 is 2.56 bits per heavy atom. The van der Waals surface area contributed by atoms with Gasteiger partial charge in [-0.2, -0.15) is 0 Å². The summed E-state index contributed by atoms with van der Waals surface area (Å²) >= 11 is 0. The predicted octanol–water partition coefficient (Wildman–Crippen LogP) is 4.91. The van der Waals surface area contributed by atoms with Gasteiger partial charge in [0.15, 0.2) is 0 Å². The van der Waals surface area contributed by atoms with E-state index in [1.807, 2.05) is 54.6 Å². The van der Waals surface area contributed by atoms with Gasteiger partial charge in [0.25, 0.3) is 0 Å². The quantitative estimate of drug-likeness (QED) is 0.740. The van der Waals surface area contributed by atoms with E-state index in [9.17, 15) is 4.79 Å². The SMILES string of the molecule is CCC1(CC)C[C@@H](NC(=O)/C=C/c2ccc(OC)cc2)c2ccccc2O1. The lowest BCUT2D eigenvalue weighted by molar-refractivity contribution is -0.117. The fourth-order valence-corrected chi connectivity index (χ4v) is 3.54. The van der Waals surface area contributed by atoms with Crippen LogP contribution in [-0.4, -0.2) is 18.6 Å². The molecule has 1 aliphatic rings. The summed E-state index contributed by atoms with van der Waals surface area (Å²) in [5, 5.41) is 3.16. The fraction of sp³-hybridized carbons (Fsp3) is 0.348. The van der Waals surface area contributed by atoms with Gasteiger partial charge in [0.05, 0.1) is 13.2 Å². The Bertz CT molecular complexity index is 807. The van der Waals surface area contributed by atoms with E-state index in [4.69, 9.17) is 9.47 Å². The number of para-hydroxylation sites is 1. The van der Waals surface area contributed by atoms with Crippen LogP contribution in [-0.2, 0) is 4.79 Å². The number of ether oxygens (including phenoxy) is 2. The Kier molecular flexibility index (Phi) is 5.84. The molecule has 0 fully saturated rings. The molecule has 0 spiro atoms. The largest absolute Gasteiger partial charge is 0.497 e. The number of hydrogen-bond acceptors (Lipinski definition) is 3. The molecule has 0 radical (unpaired) electrons. The van der Waals surface area contributed by atoms with Crippen LogP contribution in [0.25, 0.3) is 6.08 Å². The van der Waals surface area contributed by atoms with Gasteiger partial charge in [0, 0.05) is 18.1 Å². The van der Waals surface area contributed by atoms with E-state index >= 15 is 0 Å². The molecule has 1 N–H and O–H groups in total. The minimum Gasteiger partial charge on any atom is -0.497 e. The van der Waals surface area contributed by atoms with Crippen molar-refractivity contribution in [2.45, 2.75) is 44.8 Å². The second-order valence-corrected chi connectivity index (χ2v) is 6.90. The molecule has 27 heavy (non-hydrogen) atoms. The molecular weight excluding hydrogens is 338 g/mol. The zero-order chi connectivity index (χ0) is 19.3. The summed E-state index contributed by atoms with van der Waals surface area (Å²) in [6.07, 6.45) is 5.99. The maximum absolute atomic E-state index is 12.5. The van der Waals surface area contributed by atoms with Crippen LogP contribution >= 0.6 is 0 Å². The number of fused-ring (bicyclic) bond motifs is 1. The van der Waals surface area contributed by atoms with E-state index < -0.39 is 0 Å². The maximum Gasteiger partial charge on any atom is 0.244 e. The summed E-state index contributed by atoms with van der Waals surface area (Å²) in [5.74, 6) is 1.57. The smallest absolute Gasteiger partial charge is 0.244 e. The molecule has 1 aliphatic heterocycles. The van der Waals surface area contributed by atoms with E-state index in [2.05, 4.69) is 19.2 Å². The third kappa shape index (κ3) is 4.33. The van der Waals surface area contributed by atoms with Gasteiger partial charge in [-0.05, 0) is 42.7 Å². The van der Waals surface area contributed by atoms with Crippen molar-refractivity contribution in [1.29, 1.82) is 0 Å². The van der Waals surface area contributed by atoms with Crippen LogP contribution < -0.4 is 14.8 Å². The zero-order valence-electron chi connectivity index (χ0n) is 16.2. The molecule has 4 heteroatoms. The molecule has 2 aromatic carbocycles. The molecule has 142 valence electrons. The van der Waals surface area contributed by atoms with Gasteiger partial charge < -0.3 is 14.8 Å². The lowest BCUT2D eigenvalue weighted by atomic mass is 9.83. The number of carbonyl (C=O) groups is 1. The number of methoxy groups -OCH3 is 1. The Morgan fingerprint density at radius 1 is 1.19 bits per heavy atom. The van der Waals surface area contributed by atoms with Crippen molar-refractivity contribution in [2.75, 3.05) is 7.11 Å². The van der Waals surface area contributed by atoms with Crippen LogP contribution in [0.2, 0.25) is 0 Å². The molecule has 3 rings (SSSR count). The summed E-state index contributed by atoms with van der Waals surface area (Å²) in [5.41, 5.74) is 1.77. The van der Waals surface area contributed by atoms with Crippen LogP contribution in [0.1, 0.15) is 50.3 Å². The number of benzene rings is 2. The van der Waals surface area contributed by atoms with Crippen molar-refractivity contribution < 1.29 is 14.3 Å². The Morgan fingerprint density at radius 2 is 1.89 bits per heavy atom. The maximum atomic E-state index is 12.5. The highest BCUT2D eigenvalue weighted by Gasteiger charge is 2.38. The lowest BCUT2D eigenvalue weighted by Gasteiger charge is -2.41. The van der Waals surface area contributed by atoms with Gasteiger partial charge in [-0.15, -0.1) is 0 Å². The highest BCUT2D eigenvalue weighted by molar-refractivity contribution is 5.92. The minimum atomic E-state index is -0.230. The van der Waals surface area contributed by atoms with Crippen molar-refractivity contribution >= 4 is 12.0 Å². The van der Waals surface area contributed by atoms with Crippen molar-refractivity contribution in [1.82, 2.24) is 5.32 Å². The molecule has 1 atom stereocenters. The van der Waals surface area contributed by atoms with Gasteiger partial charge in [-0.25, -0.2) is 0 Å². The first-order valence-corrected chi connectivity index (χ1v) is 9.49. The molecular formula is C23H27NO3. The summed E-state index contributed by atoms with van der Waals surface area (Å²) < 4.78 is 11.5. The minimum absolute atomic E-state index is 0.0529. The van der Waals surface area contributed by atoms with Crippen LogP contribution in [0, 0.1) is 0 Å². The highest BCUT2D eigenvalue weighted by atomic mass is 16.5. The zero-order valence-corrected chi connectivity index (χ0v) is 16.2. The van der Waals surface area contributed by atoms with Gasteiger partial charge >= 0.3 is 0 Å². The number of amides is 1. The number of hydrogen-bond donors (Lipinski definition) is 1. The third-order valence-electron chi connectivity index (χ3n) is 5.35. The van der Waals surface area contributed by atoms with Gasteiger partial charge in [-0.1, -0.05) is 44.2 Å². The summed E-state index contributed by atoms with van der Waals surface area (Å²) in [6, 6.07) is 15.5. The molecule has 0 aromatic heterocycles. The van der Waals surface area contributed by atoms with E-state index in [-0.39, 0.29) is 17.6 Å². The van der Waals surface area contributed by atoms with Gasteiger partial charge in [0.1, 0.15) is 17.1 Å². The van der Waals surface area contributed by atoms with E-state index in [1.54, 1.807) is 13.2 Å². The van der Waals surface area contributed by atoms with Crippen molar-refractivity contribution in [3.63, 3.8) is 0 Å². The standard InChI is InChI=1S/C23H27NO3/c1-4-23(5-2)16-20(19-8-6-7-9-21(19)27-23)24-22(25)15-12-17-10-13-18(26-3)14-11-17/h6-15,20H,4-5,16H2,1-3H3,(H,24,25)/b15-12+/t20-/m1/s1. The van der Waals surface area contributed by atoms with Crippen LogP contribution in [0.3, 0.4) is 0 Å². The fourth-order valence-electron chi connectivity index (χ4n) is 3.54. The number of nitrogens with one attached hydrogen (secondary N) is 1. The Hall–Kier alpha value is -2.75. The third-order valence-corrected chi connectivity index (χ3v) is 5.35. The normalized spacial score (nSPS) is 17.8. The molecule has 1 amide bonds. The van der Waals surface area contributed by atoms with Crippen molar-refractivity contribution in [2.24, 2.45) is 0 Å². The van der Waals surface area contributed by atoms with Gasteiger partial charge in [0.2, 0.25) is 5.91 Å². The molecule has 0 saturated heterocycles. The summed E-state index contributed by atoms with van der Waals surface area (Å²) in [6.45, 7) is 4.28. The summed E-state index contributed by atoms with van der Waals surface area (Å²) in [4.78, 5) is 12.5. The molecule has 0 unspecified atom stereocenters. The average molecular weight is 365 g/mol. The van der Waals surface area contributed by atoms with Crippen LogP contribution in [0.4, 0.5) is 0 Å². The Balaban J connectivity index is 1.74. The monoisotopic (exact) mass is 365 g/mol. The van der Waals surface area contributed by atoms with Crippen LogP contribution in [0.15, 0.2) is 54.6 Å². The highest BCUT2D eigenvalue weighted by Crippen LogP contribution is 2.42. The van der Waals surface area contributed by atoms with E-state index in [0.29, 0.717) is 0 Å². The number of rotatable bonds is 6. The second-order valence-electron chi connectivity index (χ2n) is 6.90. The molecule has 1 heterocycles. The Labute approximate surface area is 161 Å². The van der Waals surface area contributed by atoms with Gasteiger partial charge in [-0.3, -0.25) is 4.79 Å². The molecule has 4 nitrogen and oxygen atoms in total. The first-order valence-electron chi connectivity index (χ1n) is 9.49. The second kappa shape index (κ2) is 8.30. The molecule has 0 bridgehead atoms. The summed E-state index contributed by atoms with van der Waals surface area (Å²) in [7, 11) is 1.64. The topological polar surface area (TPSA) is 47.6 Å². The van der Waals surface area contributed by atoms with Crippen LogP contribution in [0.5, 0.6) is 11.5 Å². The molecule has 0 saturated carbocycles. The number of carbonyl (C=O) groups excluding carboxylic acids is 1. The van der Waals surface area contributed by atoms with Crippen molar-refractivity contribution in [3.8, 4) is 11.5 Å².